The minimum atomic E-state index is -0.697. The molecule has 1 atom stereocenters. The van der Waals surface area contributed by atoms with Crippen molar-refractivity contribution in [1.82, 2.24) is 0 Å². The minimum Gasteiger partial charge on any atom is -0.496 e. The number of hydrogen-bond acceptors (Lipinski definition) is 5. The van der Waals surface area contributed by atoms with Crippen LogP contribution in [0.3, 0.4) is 0 Å². The number of allylic oxidation sites excluding steroid dienone is 2. The zero-order chi connectivity index (χ0) is 20.6. The lowest BCUT2D eigenvalue weighted by atomic mass is 10.0. The van der Waals surface area contributed by atoms with E-state index in [0.717, 1.165) is 11.1 Å². The molecular formula is C22H26O5P+. The minimum absolute atomic E-state index is 0.592. The molecule has 0 radical (unpaired) electrons. The van der Waals surface area contributed by atoms with Crippen molar-refractivity contribution in [3.05, 3.63) is 59.7 Å². The van der Waals surface area contributed by atoms with Crippen LogP contribution in [0.2, 0.25) is 0 Å². The lowest BCUT2D eigenvalue weighted by Gasteiger charge is -2.12. The highest BCUT2D eigenvalue weighted by molar-refractivity contribution is 7.26. The molecule has 0 aliphatic carbocycles. The van der Waals surface area contributed by atoms with E-state index in [-0.39, 0.29) is 0 Å². The van der Waals surface area contributed by atoms with E-state index in [1.54, 1.807) is 28.4 Å². The summed E-state index contributed by atoms with van der Waals surface area (Å²) in [7, 11) is 5.83. The molecule has 148 valence electrons. The van der Waals surface area contributed by atoms with Gasteiger partial charge in [0.2, 0.25) is 0 Å². The Bertz CT molecular complexity index is 763. The van der Waals surface area contributed by atoms with Gasteiger partial charge in [-0.1, -0.05) is 16.7 Å². The SMILES string of the molecule is COc1cccc(OC)c1C=CC(C)(C=Cc1c(OC)cccc1OC)[PH+]=O. The molecule has 6 heteroatoms. The zero-order valence-corrected chi connectivity index (χ0v) is 17.8. The normalized spacial score (nSPS) is 13.6. The molecule has 0 spiro atoms. The average molecular weight is 401 g/mol. The average Bonchev–Trinajstić information content (AvgIpc) is 2.75. The Balaban J connectivity index is 2.41. The van der Waals surface area contributed by atoms with Crippen molar-refractivity contribution in [1.29, 1.82) is 0 Å². The van der Waals surface area contributed by atoms with Crippen LogP contribution in [0.5, 0.6) is 23.0 Å². The van der Waals surface area contributed by atoms with Crippen molar-refractivity contribution in [2.75, 3.05) is 28.4 Å². The highest BCUT2D eigenvalue weighted by Crippen LogP contribution is 2.35. The van der Waals surface area contributed by atoms with Gasteiger partial charge in [-0.3, -0.25) is 0 Å². The second-order valence-corrected chi connectivity index (χ2v) is 7.49. The molecule has 0 N–H and O–H groups in total. The number of methoxy groups -OCH3 is 4. The first kappa shape index (κ1) is 21.5. The predicted molar refractivity (Wildman–Crippen MR) is 115 cm³/mol. The molecule has 0 saturated heterocycles. The fourth-order valence-corrected chi connectivity index (χ4v) is 3.03. The summed E-state index contributed by atoms with van der Waals surface area (Å²) < 4.78 is 33.7. The van der Waals surface area contributed by atoms with Crippen molar-refractivity contribution < 1.29 is 23.5 Å². The van der Waals surface area contributed by atoms with Gasteiger partial charge in [0.1, 0.15) is 23.0 Å². The summed E-state index contributed by atoms with van der Waals surface area (Å²) in [4.78, 5) is 0. The number of hydrogen-bond donors (Lipinski definition) is 0. The summed E-state index contributed by atoms with van der Waals surface area (Å²) in [5.74, 6) is 2.73. The summed E-state index contributed by atoms with van der Waals surface area (Å²) in [5.41, 5.74) is 1.58. The van der Waals surface area contributed by atoms with Gasteiger partial charge >= 0.3 is 8.46 Å². The van der Waals surface area contributed by atoms with E-state index >= 15 is 0 Å². The molecule has 2 aromatic rings. The maximum Gasteiger partial charge on any atom is 0.339 e. The van der Waals surface area contributed by atoms with Crippen LogP contribution in [0, 0.1) is 0 Å². The van der Waals surface area contributed by atoms with E-state index in [1.807, 2.05) is 67.6 Å². The van der Waals surface area contributed by atoms with E-state index in [2.05, 4.69) is 0 Å². The summed E-state index contributed by atoms with van der Waals surface area (Å²) in [6.45, 7) is 1.88. The summed E-state index contributed by atoms with van der Waals surface area (Å²) in [5, 5.41) is -0.697. The molecule has 2 aromatic carbocycles. The van der Waals surface area contributed by atoms with Crippen LogP contribution in [0.1, 0.15) is 18.1 Å². The molecule has 5 nitrogen and oxygen atoms in total. The van der Waals surface area contributed by atoms with Crippen molar-refractivity contribution in [3.8, 4) is 23.0 Å². The monoisotopic (exact) mass is 401 g/mol. The van der Waals surface area contributed by atoms with Gasteiger partial charge in [-0.15, -0.1) is 0 Å². The third-order valence-corrected chi connectivity index (χ3v) is 5.12. The Morgan fingerprint density at radius 1 is 0.714 bits per heavy atom. The second-order valence-electron chi connectivity index (χ2n) is 6.20. The van der Waals surface area contributed by atoms with Crippen molar-refractivity contribution in [2.45, 2.75) is 12.1 Å². The van der Waals surface area contributed by atoms with Crippen LogP contribution in [-0.4, -0.2) is 33.6 Å². The van der Waals surface area contributed by atoms with Gasteiger partial charge in [-0.05, 0) is 55.5 Å². The molecule has 0 aromatic heterocycles. The first-order chi connectivity index (χ1) is 13.5. The third-order valence-electron chi connectivity index (χ3n) is 4.34. The largest absolute Gasteiger partial charge is 0.496 e. The third kappa shape index (κ3) is 4.93. The lowest BCUT2D eigenvalue weighted by Crippen LogP contribution is -2.08. The second kappa shape index (κ2) is 9.95. The van der Waals surface area contributed by atoms with Gasteiger partial charge in [0.25, 0.3) is 0 Å². The first-order valence-electron chi connectivity index (χ1n) is 8.71. The van der Waals surface area contributed by atoms with Crippen LogP contribution in [0.25, 0.3) is 12.2 Å². The molecule has 0 aliphatic rings. The van der Waals surface area contributed by atoms with Gasteiger partial charge in [-0.2, -0.15) is 0 Å². The smallest absolute Gasteiger partial charge is 0.339 e. The van der Waals surface area contributed by atoms with Gasteiger partial charge in [0, 0.05) is 0 Å². The van der Waals surface area contributed by atoms with Crippen LogP contribution in [0.4, 0.5) is 0 Å². The van der Waals surface area contributed by atoms with Crippen molar-refractivity contribution in [3.63, 3.8) is 0 Å². The highest BCUT2D eigenvalue weighted by Gasteiger charge is 2.27. The Morgan fingerprint density at radius 3 is 1.29 bits per heavy atom. The van der Waals surface area contributed by atoms with Crippen LogP contribution >= 0.6 is 8.46 Å². The summed E-state index contributed by atoms with van der Waals surface area (Å²) >= 11 is 0. The van der Waals surface area contributed by atoms with Crippen molar-refractivity contribution >= 4 is 20.6 Å². The Morgan fingerprint density at radius 2 is 1.04 bits per heavy atom. The van der Waals surface area contributed by atoms with Gasteiger partial charge in [0.15, 0.2) is 5.16 Å². The molecule has 28 heavy (non-hydrogen) atoms. The van der Waals surface area contributed by atoms with E-state index in [9.17, 15) is 4.57 Å². The molecule has 2 rings (SSSR count). The van der Waals surface area contributed by atoms with Gasteiger partial charge < -0.3 is 18.9 Å². The molecule has 0 aliphatic heterocycles. The van der Waals surface area contributed by atoms with E-state index < -0.39 is 13.6 Å². The van der Waals surface area contributed by atoms with Crippen LogP contribution in [0.15, 0.2) is 48.6 Å². The zero-order valence-electron chi connectivity index (χ0n) is 16.8. The summed E-state index contributed by atoms with van der Waals surface area (Å²) in [6.07, 6.45) is 7.48. The summed E-state index contributed by atoms with van der Waals surface area (Å²) in [6, 6.07) is 11.1. The lowest BCUT2D eigenvalue weighted by molar-refractivity contribution is 0.392. The molecular weight excluding hydrogens is 375 g/mol. The molecule has 1 unspecified atom stereocenters. The number of ether oxygens (including phenoxy) is 4. The first-order valence-corrected chi connectivity index (χ1v) is 9.62. The molecule has 0 saturated carbocycles. The van der Waals surface area contributed by atoms with E-state index in [0.29, 0.717) is 23.0 Å². The van der Waals surface area contributed by atoms with Crippen LogP contribution in [-0.2, 0) is 4.57 Å². The maximum absolute atomic E-state index is 12.0. The fraction of sp³-hybridized carbons (Fsp3) is 0.273. The quantitative estimate of drug-likeness (QED) is 0.539. The number of rotatable bonds is 9. The maximum atomic E-state index is 12.0. The fourth-order valence-electron chi connectivity index (χ4n) is 2.72. The molecule has 0 fully saturated rings. The van der Waals surface area contributed by atoms with Crippen molar-refractivity contribution in [2.24, 2.45) is 0 Å². The van der Waals surface area contributed by atoms with Gasteiger partial charge in [-0.25, -0.2) is 0 Å². The highest BCUT2D eigenvalue weighted by atomic mass is 31.1. The topological polar surface area (TPSA) is 54.0 Å². The number of benzene rings is 2. The molecule has 0 amide bonds. The standard InChI is InChI=1S/C22H25O5P/c1-22(28-23,14-12-16-18(24-2)8-6-9-19(16)25-3)15-13-17-20(26-4)10-7-11-21(17)27-5/h6-15H,1-5H3/p+1. The molecule has 0 bridgehead atoms. The van der Waals surface area contributed by atoms with Gasteiger partial charge in [0.05, 0.1) is 39.6 Å². The Hall–Kier alpha value is -2.78. The van der Waals surface area contributed by atoms with Crippen LogP contribution < -0.4 is 18.9 Å². The van der Waals surface area contributed by atoms with E-state index in [4.69, 9.17) is 18.9 Å². The Kier molecular flexibility index (Phi) is 7.65. The molecule has 0 heterocycles. The predicted octanol–water partition coefficient (Wildman–Crippen LogP) is 5.23. The van der Waals surface area contributed by atoms with E-state index in [1.165, 1.54) is 0 Å². The Labute approximate surface area is 167 Å².